The van der Waals surface area contributed by atoms with Crippen LogP contribution in [0.3, 0.4) is 0 Å². The average Bonchev–Trinajstić information content (AvgIpc) is 3.43. The fourth-order valence-corrected chi connectivity index (χ4v) is 5.03. The third-order valence-corrected chi connectivity index (χ3v) is 7.26. The SMILES string of the molecule is C#CCOc1cc(Nc2ncc(C(F)(F)F)c(NC3CCCC3C(=O)NC(C)C)n2)ccc1C(=O)N(C)C1=CCN(C)C=C1. The van der Waals surface area contributed by atoms with Gasteiger partial charge < -0.3 is 30.5 Å². The summed E-state index contributed by atoms with van der Waals surface area (Å²) in [5.41, 5.74) is 0.263. The Bertz CT molecular complexity index is 1480. The number of nitrogens with zero attached hydrogens (tertiary/aromatic N) is 4. The van der Waals surface area contributed by atoms with E-state index in [1.54, 1.807) is 13.1 Å². The summed E-state index contributed by atoms with van der Waals surface area (Å²) in [7, 11) is 3.56. The molecule has 10 nitrogen and oxygen atoms in total. The fraction of sp³-hybridized carbons (Fsp3) is 0.419. The Hall–Kier alpha value is -4.73. The monoisotopic (exact) mass is 611 g/mol. The molecule has 0 spiro atoms. The van der Waals surface area contributed by atoms with Crippen molar-refractivity contribution in [1.29, 1.82) is 0 Å². The number of benzene rings is 1. The summed E-state index contributed by atoms with van der Waals surface area (Å²) in [5, 5.41) is 8.61. The van der Waals surface area contributed by atoms with Crippen LogP contribution in [0.25, 0.3) is 0 Å². The second-order valence-electron chi connectivity index (χ2n) is 11.0. The zero-order valence-electron chi connectivity index (χ0n) is 25.0. The van der Waals surface area contributed by atoms with Gasteiger partial charge in [0.05, 0.1) is 11.5 Å². The molecule has 0 radical (unpaired) electrons. The maximum absolute atomic E-state index is 13.9. The number of hydrogen-bond donors (Lipinski definition) is 3. The van der Waals surface area contributed by atoms with Gasteiger partial charge in [0.2, 0.25) is 11.9 Å². The molecular formula is C31H36F3N7O3. The van der Waals surface area contributed by atoms with Gasteiger partial charge in [0.15, 0.2) is 0 Å². The fourth-order valence-electron chi connectivity index (χ4n) is 5.03. The number of hydrogen-bond acceptors (Lipinski definition) is 8. The Kier molecular flexibility index (Phi) is 10.0. The molecule has 3 N–H and O–H groups in total. The number of carbonyl (C=O) groups excluding carboxylic acids is 2. The molecule has 1 saturated carbocycles. The molecule has 1 aromatic heterocycles. The largest absolute Gasteiger partial charge is 0.480 e. The van der Waals surface area contributed by atoms with E-state index in [1.165, 1.54) is 17.0 Å². The number of rotatable bonds is 10. The molecule has 2 aromatic rings. The molecule has 234 valence electrons. The summed E-state index contributed by atoms with van der Waals surface area (Å²) in [6, 6.07) is 3.99. The summed E-state index contributed by atoms with van der Waals surface area (Å²) in [5.74, 6) is 0.951. The molecule has 2 aliphatic rings. The molecule has 0 bridgehead atoms. The van der Waals surface area contributed by atoms with Crippen molar-refractivity contribution in [1.82, 2.24) is 25.1 Å². The molecule has 0 saturated heterocycles. The third-order valence-electron chi connectivity index (χ3n) is 7.26. The molecule has 1 aromatic carbocycles. The van der Waals surface area contributed by atoms with Crippen molar-refractivity contribution in [2.45, 2.75) is 51.4 Å². The smallest absolute Gasteiger partial charge is 0.421 e. The first-order valence-corrected chi connectivity index (χ1v) is 14.2. The topological polar surface area (TPSA) is 112 Å². The predicted octanol–water partition coefficient (Wildman–Crippen LogP) is 4.77. The number of terminal acetylenes is 1. The van der Waals surface area contributed by atoms with Crippen LogP contribution in [0, 0.1) is 18.3 Å². The van der Waals surface area contributed by atoms with Crippen LogP contribution >= 0.6 is 0 Å². The Morgan fingerprint density at radius 2 is 2.05 bits per heavy atom. The highest BCUT2D eigenvalue weighted by Gasteiger charge is 2.39. The molecule has 1 aliphatic heterocycles. The summed E-state index contributed by atoms with van der Waals surface area (Å²) in [4.78, 5) is 37.5. The van der Waals surface area contributed by atoms with Crippen molar-refractivity contribution < 1.29 is 27.5 Å². The number of amides is 2. The van der Waals surface area contributed by atoms with Crippen LogP contribution in [0.5, 0.6) is 5.75 Å². The van der Waals surface area contributed by atoms with Gasteiger partial charge in [-0.25, -0.2) is 4.98 Å². The summed E-state index contributed by atoms with van der Waals surface area (Å²) < 4.78 is 47.4. The van der Waals surface area contributed by atoms with Crippen LogP contribution in [0.4, 0.5) is 30.6 Å². The van der Waals surface area contributed by atoms with E-state index < -0.39 is 29.5 Å². The minimum Gasteiger partial charge on any atom is -0.480 e. The molecule has 4 rings (SSSR count). The summed E-state index contributed by atoms with van der Waals surface area (Å²) >= 11 is 0. The van der Waals surface area contributed by atoms with E-state index in [1.807, 2.05) is 44.1 Å². The van der Waals surface area contributed by atoms with Gasteiger partial charge in [-0.05, 0) is 51.0 Å². The van der Waals surface area contributed by atoms with E-state index in [9.17, 15) is 22.8 Å². The van der Waals surface area contributed by atoms with Crippen LogP contribution in [0.15, 0.2) is 48.4 Å². The van der Waals surface area contributed by atoms with E-state index in [0.717, 1.165) is 0 Å². The van der Waals surface area contributed by atoms with Crippen LogP contribution in [-0.4, -0.2) is 70.9 Å². The molecule has 44 heavy (non-hydrogen) atoms. The number of carbonyl (C=O) groups is 2. The molecule has 1 fully saturated rings. The van der Waals surface area contributed by atoms with Crippen molar-refractivity contribution in [3.63, 3.8) is 0 Å². The number of ether oxygens (including phenoxy) is 1. The Labute approximate surface area is 254 Å². The number of aromatic nitrogens is 2. The molecule has 2 unspecified atom stereocenters. The van der Waals surface area contributed by atoms with Crippen molar-refractivity contribution in [2.75, 3.05) is 37.9 Å². The predicted molar refractivity (Wildman–Crippen MR) is 161 cm³/mol. The van der Waals surface area contributed by atoms with E-state index in [-0.39, 0.29) is 41.7 Å². The molecule has 2 atom stereocenters. The van der Waals surface area contributed by atoms with Gasteiger partial charge in [-0.15, -0.1) is 6.42 Å². The van der Waals surface area contributed by atoms with Gasteiger partial charge in [0.1, 0.15) is 23.7 Å². The lowest BCUT2D eigenvalue weighted by Gasteiger charge is -2.25. The number of likely N-dealkylation sites (N-methyl/N-ethyl adjacent to an activating group) is 2. The lowest BCUT2D eigenvalue weighted by molar-refractivity contribution is -0.137. The van der Waals surface area contributed by atoms with Crippen LogP contribution in [0.1, 0.15) is 49.0 Å². The molecule has 1 aliphatic carbocycles. The zero-order chi connectivity index (χ0) is 32.0. The van der Waals surface area contributed by atoms with Gasteiger partial charge in [0.25, 0.3) is 5.91 Å². The number of alkyl halides is 3. The second kappa shape index (κ2) is 13.7. The molecular weight excluding hydrogens is 575 g/mol. The van der Waals surface area contributed by atoms with E-state index >= 15 is 0 Å². The van der Waals surface area contributed by atoms with Gasteiger partial charge >= 0.3 is 6.18 Å². The van der Waals surface area contributed by atoms with Crippen LogP contribution in [0.2, 0.25) is 0 Å². The summed E-state index contributed by atoms with van der Waals surface area (Å²) in [6.07, 6.45) is 8.71. The number of anilines is 3. The average molecular weight is 612 g/mol. The number of nitrogens with one attached hydrogen (secondary N) is 3. The summed E-state index contributed by atoms with van der Waals surface area (Å²) in [6.45, 7) is 4.18. The Balaban J connectivity index is 1.59. The van der Waals surface area contributed by atoms with Crippen molar-refractivity contribution in [2.24, 2.45) is 5.92 Å². The number of allylic oxidation sites excluding steroid dienone is 1. The minimum absolute atomic E-state index is 0.0934. The van der Waals surface area contributed by atoms with Gasteiger partial charge in [-0.3, -0.25) is 9.59 Å². The van der Waals surface area contributed by atoms with E-state index in [0.29, 0.717) is 43.4 Å². The highest BCUT2D eigenvalue weighted by atomic mass is 19.4. The normalized spacial score (nSPS) is 18.0. The Morgan fingerprint density at radius 1 is 1.27 bits per heavy atom. The quantitative estimate of drug-likeness (QED) is 0.330. The Morgan fingerprint density at radius 3 is 2.70 bits per heavy atom. The maximum atomic E-state index is 13.9. The first kappa shape index (κ1) is 32.2. The standard InChI is InChI=1S/C31H36F3N7O3/c1-6-16-44-26-17-20(10-11-23(26)29(43)41(5)21-12-14-40(4)15-13-21)37-30-35-18-24(31(32,33)34)27(39-30)38-25-9-7-8-22(25)28(42)36-19(2)3/h1,10-14,17-19,22,25H,7-9,15-16H2,2-5H3,(H,36,42)(H2,35,37,38,39). The third kappa shape index (κ3) is 7.80. The van der Waals surface area contributed by atoms with Crippen molar-refractivity contribution in [3.8, 4) is 18.1 Å². The minimum atomic E-state index is -4.72. The van der Waals surface area contributed by atoms with Crippen LogP contribution < -0.4 is 20.7 Å². The molecule has 2 amide bonds. The lowest BCUT2D eigenvalue weighted by Crippen LogP contribution is -2.41. The van der Waals surface area contributed by atoms with E-state index in [4.69, 9.17) is 11.2 Å². The highest BCUT2D eigenvalue weighted by Crippen LogP contribution is 2.37. The number of halogens is 3. The van der Waals surface area contributed by atoms with Crippen molar-refractivity contribution >= 4 is 29.3 Å². The first-order chi connectivity index (χ1) is 20.9. The van der Waals surface area contributed by atoms with Crippen molar-refractivity contribution in [3.05, 3.63) is 59.6 Å². The molecule has 2 heterocycles. The first-order valence-electron chi connectivity index (χ1n) is 14.2. The van der Waals surface area contributed by atoms with Crippen LogP contribution in [-0.2, 0) is 11.0 Å². The lowest BCUT2D eigenvalue weighted by atomic mass is 10.0. The molecule has 13 heteroatoms. The van der Waals surface area contributed by atoms with Gasteiger partial charge in [-0.2, -0.15) is 18.2 Å². The van der Waals surface area contributed by atoms with Gasteiger partial charge in [0, 0.05) is 62.6 Å². The second-order valence-corrected chi connectivity index (χ2v) is 11.0. The highest BCUT2D eigenvalue weighted by molar-refractivity contribution is 5.98. The maximum Gasteiger partial charge on any atom is 0.421 e. The zero-order valence-corrected chi connectivity index (χ0v) is 25.0. The van der Waals surface area contributed by atoms with Gasteiger partial charge in [-0.1, -0.05) is 12.3 Å². The van der Waals surface area contributed by atoms with E-state index in [2.05, 4.69) is 31.8 Å².